The van der Waals surface area contributed by atoms with Crippen molar-refractivity contribution < 1.29 is 18.7 Å². The van der Waals surface area contributed by atoms with E-state index in [4.69, 9.17) is 21.1 Å². The van der Waals surface area contributed by atoms with Crippen LogP contribution in [0.2, 0.25) is 5.02 Å². The van der Waals surface area contributed by atoms with Crippen molar-refractivity contribution in [3.05, 3.63) is 58.9 Å². The molecule has 1 aliphatic heterocycles. The number of halogens is 2. The van der Waals surface area contributed by atoms with E-state index in [-0.39, 0.29) is 30.4 Å². The highest BCUT2D eigenvalue weighted by Crippen LogP contribution is 2.29. The molecule has 0 N–H and O–H groups in total. The second-order valence-corrected chi connectivity index (χ2v) is 7.79. The maximum Gasteiger partial charge on any atom is 0.260 e. The fourth-order valence-corrected chi connectivity index (χ4v) is 3.76. The van der Waals surface area contributed by atoms with Gasteiger partial charge in [-0.25, -0.2) is 4.39 Å². The Kier molecular flexibility index (Phi) is 6.98. The molecule has 2 atom stereocenters. The first-order valence-electron chi connectivity index (χ1n) is 9.61. The first kappa shape index (κ1) is 21.4. The highest BCUT2D eigenvalue weighted by Gasteiger charge is 2.32. The van der Waals surface area contributed by atoms with Crippen LogP contribution in [0.3, 0.4) is 0 Å². The van der Waals surface area contributed by atoms with E-state index in [0.29, 0.717) is 23.1 Å². The van der Waals surface area contributed by atoms with E-state index in [1.807, 2.05) is 11.8 Å². The van der Waals surface area contributed by atoms with Crippen molar-refractivity contribution in [2.45, 2.75) is 32.5 Å². The van der Waals surface area contributed by atoms with E-state index in [0.717, 1.165) is 18.7 Å². The molecule has 7 heteroatoms. The molecule has 1 saturated heterocycles. The Morgan fingerprint density at radius 3 is 2.52 bits per heavy atom. The number of ether oxygens (including phenoxy) is 2. The quantitative estimate of drug-likeness (QED) is 0.708. The van der Waals surface area contributed by atoms with Gasteiger partial charge in [-0.15, -0.1) is 0 Å². The molecule has 1 fully saturated rings. The van der Waals surface area contributed by atoms with Gasteiger partial charge < -0.3 is 14.4 Å². The summed E-state index contributed by atoms with van der Waals surface area (Å²) in [5.74, 6) is 0.782. The maximum atomic E-state index is 13.1. The Labute approximate surface area is 176 Å². The van der Waals surface area contributed by atoms with Gasteiger partial charge in [0.2, 0.25) is 0 Å². The molecule has 2 aromatic rings. The minimum Gasteiger partial charge on any atom is -0.497 e. The summed E-state index contributed by atoms with van der Waals surface area (Å²) < 4.78 is 23.9. The molecule has 0 spiro atoms. The normalized spacial score (nSPS) is 19.8. The number of carbonyl (C=O) groups is 1. The molecule has 2 aromatic carbocycles. The largest absolute Gasteiger partial charge is 0.497 e. The van der Waals surface area contributed by atoms with Crippen molar-refractivity contribution in [2.24, 2.45) is 0 Å². The molecule has 1 heterocycles. The van der Waals surface area contributed by atoms with Crippen LogP contribution in [0.4, 0.5) is 4.39 Å². The maximum absolute atomic E-state index is 13.1. The number of piperazine rings is 1. The number of amides is 1. The third kappa shape index (κ3) is 5.40. The van der Waals surface area contributed by atoms with Gasteiger partial charge in [-0.05, 0) is 43.7 Å². The molecule has 0 aliphatic carbocycles. The molecule has 0 radical (unpaired) electrons. The second-order valence-electron chi connectivity index (χ2n) is 7.39. The van der Waals surface area contributed by atoms with Crippen LogP contribution in [-0.4, -0.2) is 54.6 Å². The highest BCUT2D eigenvalue weighted by molar-refractivity contribution is 6.32. The molecule has 0 aromatic heterocycles. The molecule has 29 heavy (non-hydrogen) atoms. The van der Waals surface area contributed by atoms with E-state index in [1.54, 1.807) is 37.4 Å². The first-order valence-corrected chi connectivity index (χ1v) is 9.99. The number of carbonyl (C=O) groups excluding carboxylic acids is 1. The summed E-state index contributed by atoms with van der Waals surface area (Å²) in [6.45, 7) is 6.14. The van der Waals surface area contributed by atoms with Crippen LogP contribution in [0.25, 0.3) is 0 Å². The molecule has 0 unspecified atom stereocenters. The van der Waals surface area contributed by atoms with Crippen LogP contribution in [0.5, 0.6) is 11.5 Å². The minimum atomic E-state index is -0.234. The number of hydrogen-bond donors (Lipinski definition) is 0. The zero-order chi connectivity index (χ0) is 21.0. The number of rotatable bonds is 6. The summed E-state index contributed by atoms with van der Waals surface area (Å²) >= 11 is 6.18. The predicted octanol–water partition coefficient (Wildman–Crippen LogP) is 3.99. The predicted molar refractivity (Wildman–Crippen MR) is 111 cm³/mol. The average Bonchev–Trinajstić information content (AvgIpc) is 2.70. The monoisotopic (exact) mass is 420 g/mol. The van der Waals surface area contributed by atoms with Crippen LogP contribution < -0.4 is 9.47 Å². The lowest BCUT2D eigenvalue weighted by molar-refractivity contribution is -0.139. The lowest BCUT2D eigenvalue weighted by Gasteiger charge is -2.44. The topological polar surface area (TPSA) is 42.0 Å². The molecule has 1 amide bonds. The first-order chi connectivity index (χ1) is 13.9. The van der Waals surface area contributed by atoms with Crippen LogP contribution in [-0.2, 0) is 11.3 Å². The minimum absolute atomic E-state index is 0.0501. The Balaban J connectivity index is 1.56. The van der Waals surface area contributed by atoms with Gasteiger partial charge in [0.25, 0.3) is 5.91 Å². The number of benzene rings is 2. The molecule has 1 aliphatic rings. The van der Waals surface area contributed by atoms with E-state index in [1.165, 1.54) is 12.1 Å². The Hall–Kier alpha value is -2.31. The highest BCUT2D eigenvalue weighted by atomic mass is 35.5. The van der Waals surface area contributed by atoms with Gasteiger partial charge in [-0.3, -0.25) is 9.69 Å². The van der Waals surface area contributed by atoms with Gasteiger partial charge >= 0.3 is 0 Å². The van der Waals surface area contributed by atoms with Crippen molar-refractivity contribution in [1.29, 1.82) is 0 Å². The number of nitrogens with zero attached hydrogens (tertiary/aromatic N) is 2. The lowest BCUT2D eigenvalue weighted by atomic mass is 10.1. The molecule has 0 bridgehead atoms. The summed E-state index contributed by atoms with van der Waals surface area (Å²) in [7, 11) is 1.56. The number of methoxy groups -OCH3 is 1. The second kappa shape index (κ2) is 9.46. The Morgan fingerprint density at radius 2 is 1.86 bits per heavy atom. The SMILES string of the molecule is COc1ccc(OCC(=O)N2C[C@H](C)N(Cc3ccc(F)cc3)C[C@H]2C)c(Cl)c1. The van der Waals surface area contributed by atoms with E-state index in [2.05, 4.69) is 11.8 Å². The molecule has 156 valence electrons. The fraction of sp³-hybridized carbons (Fsp3) is 0.409. The van der Waals surface area contributed by atoms with Crippen LogP contribution in [0.15, 0.2) is 42.5 Å². The van der Waals surface area contributed by atoms with Gasteiger partial charge in [-0.1, -0.05) is 23.7 Å². The summed E-state index contributed by atoms with van der Waals surface area (Å²) in [5, 5.41) is 0.405. The van der Waals surface area contributed by atoms with Gasteiger partial charge in [-0.2, -0.15) is 0 Å². The van der Waals surface area contributed by atoms with Crippen molar-refractivity contribution >= 4 is 17.5 Å². The Bertz CT molecular complexity index is 846. The third-order valence-electron chi connectivity index (χ3n) is 5.22. The molecular formula is C22H26ClFN2O3. The van der Waals surface area contributed by atoms with Crippen molar-refractivity contribution in [2.75, 3.05) is 26.8 Å². The summed E-state index contributed by atoms with van der Waals surface area (Å²) in [6.07, 6.45) is 0. The lowest BCUT2D eigenvalue weighted by Crippen LogP contribution is -2.58. The molecule has 0 saturated carbocycles. The van der Waals surface area contributed by atoms with Crippen LogP contribution in [0, 0.1) is 5.82 Å². The zero-order valence-electron chi connectivity index (χ0n) is 16.9. The van der Waals surface area contributed by atoms with Crippen molar-refractivity contribution in [3.63, 3.8) is 0 Å². The summed E-state index contributed by atoms with van der Waals surface area (Å²) in [5.41, 5.74) is 1.06. The van der Waals surface area contributed by atoms with Crippen LogP contribution in [0.1, 0.15) is 19.4 Å². The number of hydrogen-bond acceptors (Lipinski definition) is 4. The standard InChI is InChI=1S/C22H26ClFN2O3/c1-15-12-26(16(2)11-25(15)13-17-4-6-18(24)7-5-17)22(27)14-29-21-9-8-19(28-3)10-20(21)23/h4-10,15-16H,11-14H2,1-3H3/t15-,16+/m0/s1. The average molecular weight is 421 g/mol. The molecular weight excluding hydrogens is 395 g/mol. The summed E-state index contributed by atoms with van der Waals surface area (Å²) in [6, 6.07) is 11.9. The van der Waals surface area contributed by atoms with Gasteiger partial charge in [0.1, 0.15) is 17.3 Å². The molecule has 3 rings (SSSR count). The van der Waals surface area contributed by atoms with Gasteiger partial charge in [0.05, 0.1) is 12.1 Å². The van der Waals surface area contributed by atoms with Crippen molar-refractivity contribution in [3.8, 4) is 11.5 Å². The van der Waals surface area contributed by atoms with Gasteiger partial charge in [0.15, 0.2) is 6.61 Å². The van der Waals surface area contributed by atoms with Crippen molar-refractivity contribution in [1.82, 2.24) is 9.80 Å². The third-order valence-corrected chi connectivity index (χ3v) is 5.52. The smallest absolute Gasteiger partial charge is 0.260 e. The van der Waals surface area contributed by atoms with E-state index < -0.39 is 0 Å². The molecule has 5 nitrogen and oxygen atoms in total. The van der Waals surface area contributed by atoms with Gasteiger partial charge in [0, 0.05) is 37.8 Å². The zero-order valence-corrected chi connectivity index (χ0v) is 17.7. The summed E-state index contributed by atoms with van der Waals surface area (Å²) in [4.78, 5) is 16.9. The van der Waals surface area contributed by atoms with Crippen LogP contribution >= 0.6 is 11.6 Å². The Morgan fingerprint density at radius 1 is 1.14 bits per heavy atom. The van der Waals surface area contributed by atoms with E-state index >= 15 is 0 Å². The fourth-order valence-electron chi connectivity index (χ4n) is 3.54. The van der Waals surface area contributed by atoms with E-state index in [9.17, 15) is 9.18 Å².